The van der Waals surface area contributed by atoms with Gasteiger partial charge < -0.3 is 11.1 Å². The van der Waals surface area contributed by atoms with Gasteiger partial charge in [-0.1, -0.05) is 0 Å². The summed E-state index contributed by atoms with van der Waals surface area (Å²) >= 11 is 0. The number of hydrogen-bond donors (Lipinski definition) is 3. The highest BCUT2D eigenvalue weighted by Crippen LogP contribution is 2.00. The fourth-order valence-electron chi connectivity index (χ4n) is 0.984. The van der Waals surface area contributed by atoms with Crippen molar-refractivity contribution in [3.05, 3.63) is 0 Å². The van der Waals surface area contributed by atoms with Gasteiger partial charge in [0.15, 0.2) is 0 Å². The predicted octanol–water partition coefficient (Wildman–Crippen LogP) is -0.645. The standard InChI is InChI=1S/C6H11N3O2.ClH/c7-3-1-2-4-5(10)9-6(11)8-4;/h4H,1-3,7H2,(H2,8,9,10,11);1H. The minimum Gasteiger partial charge on any atom is -0.330 e. The highest BCUT2D eigenvalue weighted by Gasteiger charge is 2.28. The summed E-state index contributed by atoms with van der Waals surface area (Å²) < 4.78 is 0. The van der Waals surface area contributed by atoms with Gasteiger partial charge in [-0.25, -0.2) is 4.79 Å². The lowest BCUT2D eigenvalue weighted by atomic mass is 10.1. The molecule has 0 aromatic carbocycles. The number of nitrogens with two attached hydrogens (primary N) is 1. The van der Waals surface area contributed by atoms with Crippen LogP contribution in [0.4, 0.5) is 4.79 Å². The predicted molar refractivity (Wildman–Crippen MR) is 46.0 cm³/mol. The molecule has 1 atom stereocenters. The Morgan fingerprint density at radius 3 is 2.50 bits per heavy atom. The first kappa shape index (κ1) is 11.2. The Bertz CT molecular complexity index is 186. The molecule has 70 valence electrons. The number of amides is 3. The van der Waals surface area contributed by atoms with Crippen LogP contribution < -0.4 is 16.4 Å². The van der Waals surface area contributed by atoms with E-state index in [1.807, 2.05) is 0 Å². The van der Waals surface area contributed by atoms with Crippen molar-refractivity contribution in [2.75, 3.05) is 6.54 Å². The molecule has 0 aromatic rings. The number of hydrogen-bond acceptors (Lipinski definition) is 3. The second kappa shape index (κ2) is 4.95. The van der Waals surface area contributed by atoms with Gasteiger partial charge in [0.05, 0.1) is 0 Å². The van der Waals surface area contributed by atoms with Gasteiger partial charge in [-0.05, 0) is 19.4 Å². The number of urea groups is 1. The maximum absolute atomic E-state index is 10.9. The lowest BCUT2D eigenvalue weighted by molar-refractivity contribution is -0.120. The highest BCUT2D eigenvalue weighted by atomic mass is 35.5. The first-order valence-corrected chi connectivity index (χ1v) is 3.55. The minimum atomic E-state index is -0.406. The molecule has 6 heteroatoms. The Labute approximate surface area is 76.5 Å². The number of imide groups is 1. The molecule has 1 saturated heterocycles. The van der Waals surface area contributed by atoms with Gasteiger partial charge in [0.2, 0.25) is 0 Å². The molecular formula is C6H12ClN3O2. The summed E-state index contributed by atoms with van der Waals surface area (Å²) in [6.07, 6.45) is 1.37. The molecule has 0 radical (unpaired) electrons. The van der Waals surface area contributed by atoms with E-state index >= 15 is 0 Å². The number of rotatable bonds is 3. The van der Waals surface area contributed by atoms with Crippen LogP contribution >= 0.6 is 12.4 Å². The van der Waals surface area contributed by atoms with Crippen LogP contribution in [0.3, 0.4) is 0 Å². The molecule has 5 nitrogen and oxygen atoms in total. The van der Waals surface area contributed by atoms with E-state index < -0.39 is 6.03 Å². The average Bonchev–Trinajstić information content (AvgIpc) is 2.26. The zero-order valence-electron chi connectivity index (χ0n) is 6.50. The van der Waals surface area contributed by atoms with Gasteiger partial charge >= 0.3 is 6.03 Å². The fourth-order valence-corrected chi connectivity index (χ4v) is 0.984. The smallest absolute Gasteiger partial charge is 0.322 e. The molecular weight excluding hydrogens is 182 g/mol. The van der Waals surface area contributed by atoms with Crippen molar-refractivity contribution in [3.63, 3.8) is 0 Å². The number of nitrogens with one attached hydrogen (secondary N) is 2. The first-order chi connectivity index (χ1) is 5.24. The molecule has 4 N–H and O–H groups in total. The molecule has 12 heavy (non-hydrogen) atoms. The lowest BCUT2D eigenvalue weighted by Gasteiger charge is -2.03. The molecule has 1 rings (SSSR count). The van der Waals surface area contributed by atoms with E-state index in [2.05, 4.69) is 10.6 Å². The monoisotopic (exact) mass is 193 g/mol. The van der Waals surface area contributed by atoms with Gasteiger partial charge in [0, 0.05) is 0 Å². The van der Waals surface area contributed by atoms with Gasteiger partial charge in [-0.2, -0.15) is 0 Å². The van der Waals surface area contributed by atoms with E-state index in [-0.39, 0.29) is 24.4 Å². The van der Waals surface area contributed by atoms with Crippen LogP contribution in [0.1, 0.15) is 12.8 Å². The molecule has 0 bridgehead atoms. The van der Waals surface area contributed by atoms with Crippen LogP contribution in [0.2, 0.25) is 0 Å². The van der Waals surface area contributed by atoms with Crippen LogP contribution in [0.15, 0.2) is 0 Å². The Kier molecular flexibility index (Phi) is 4.61. The quantitative estimate of drug-likeness (QED) is 0.521. The molecule has 1 heterocycles. The Morgan fingerprint density at radius 1 is 1.42 bits per heavy atom. The van der Waals surface area contributed by atoms with Gasteiger partial charge in [-0.3, -0.25) is 10.1 Å². The molecule has 1 unspecified atom stereocenters. The normalized spacial score (nSPS) is 21.2. The van der Waals surface area contributed by atoms with Crippen LogP contribution in [0, 0.1) is 0 Å². The second-order valence-corrected chi connectivity index (χ2v) is 2.45. The van der Waals surface area contributed by atoms with Crippen LogP contribution in [-0.2, 0) is 4.79 Å². The average molecular weight is 194 g/mol. The summed E-state index contributed by atoms with van der Waals surface area (Å²) in [5.41, 5.74) is 5.24. The van der Waals surface area contributed by atoms with Crippen LogP contribution in [-0.4, -0.2) is 24.5 Å². The number of carbonyl (C=O) groups is 2. The first-order valence-electron chi connectivity index (χ1n) is 3.55. The Hall–Kier alpha value is -0.810. The molecule has 1 aliphatic heterocycles. The lowest BCUT2D eigenvalue weighted by Crippen LogP contribution is -2.29. The topological polar surface area (TPSA) is 84.2 Å². The molecule has 0 aliphatic carbocycles. The highest BCUT2D eigenvalue weighted by molar-refractivity contribution is 6.04. The van der Waals surface area contributed by atoms with E-state index in [0.29, 0.717) is 13.0 Å². The molecule has 0 saturated carbocycles. The van der Waals surface area contributed by atoms with E-state index in [4.69, 9.17) is 5.73 Å². The second-order valence-electron chi connectivity index (χ2n) is 2.45. The summed E-state index contributed by atoms with van der Waals surface area (Å²) in [5.74, 6) is -0.247. The summed E-state index contributed by atoms with van der Waals surface area (Å²) in [6.45, 7) is 0.541. The van der Waals surface area contributed by atoms with Crippen LogP contribution in [0.5, 0.6) is 0 Å². The van der Waals surface area contributed by atoms with Crippen molar-refractivity contribution in [2.45, 2.75) is 18.9 Å². The SMILES string of the molecule is Cl.NCCCC1NC(=O)NC1=O. The Balaban J connectivity index is 0.00000121. The molecule has 0 spiro atoms. The van der Waals surface area contributed by atoms with Crippen molar-refractivity contribution in [2.24, 2.45) is 5.73 Å². The summed E-state index contributed by atoms with van der Waals surface area (Å²) in [5, 5.41) is 4.63. The van der Waals surface area contributed by atoms with Crippen LogP contribution in [0.25, 0.3) is 0 Å². The van der Waals surface area contributed by atoms with E-state index in [0.717, 1.165) is 6.42 Å². The largest absolute Gasteiger partial charge is 0.330 e. The van der Waals surface area contributed by atoms with E-state index in [1.54, 1.807) is 0 Å². The van der Waals surface area contributed by atoms with Crippen molar-refractivity contribution < 1.29 is 9.59 Å². The van der Waals surface area contributed by atoms with Gasteiger partial charge in [0.25, 0.3) is 5.91 Å². The third-order valence-electron chi connectivity index (χ3n) is 1.56. The fraction of sp³-hybridized carbons (Fsp3) is 0.667. The molecule has 1 fully saturated rings. The summed E-state index contributed by atoms with van der Waals surface area (Å²) in [6, 6.07) is -0.775. The van der Waals surface area contributed by atoms with Gasteiger partial charge in [0.1, 0.15) is 6.04 Å². The third-order valence-corrected chi connectivity index (χ3v) is 1.56. The van der Waals surface area contributed by atoms with Crippen molar-refractivity contribution in [3.8, 4) is 0 Å². The molecule has 0 aromatic heterocycles. The Morgan fingerprint density at radius 2 is 2.08 bits per heavy atom. The third kappa shape index (κ3) is 2.67. The molecule has 1 aliphatic rings. The maximum Gasteiger partial charge on any atom is 0.322 e. The summed E-state index contributed by atoms with van der Waals surface area (Å²) in [7, 11) is 0. The summed E-state index contributed by atoms with van der Waals surface area (Å²) in [4.78, 5) is 21.4. The maximum atomic E-state index is 10.9. The zero-order chi connectivity index (χ0) is 8.27. The van der Waals surface area contributed by atoms with E-state index in [1.165, 1.54) is 0 Å². The number of halogens is 1. The van der Waals surface area contributed by atoms with Gasteiger partial charge in [-0.15, -0.1) is 12.4 Å². The van der Waals surface area contributed by atoms with E-state index in [9.17, 15) is 9.59 Å². The number of carbonyl (C=O) groups excluding carboxylic acids is 2. The van der Waals surface area contributed by atoms with Crippen molar-refractivity contribution in [1.82, 2.24) is 10.6 Å². The van der Waals surface area contributed by atoms with Crippen molar-refractivity contribution >= 4 is 24.3 Å². The minimum absolute atomic E-state index is 0. The molecule has 3 amide bonds. The van der Waals surface area contributed by atoms with Crippen molar-refractivity contribution in [1.29, 1.82) is 0 Å². The zero-order valence-corrected chi connectivity index (χ0v) is 7.32.